The Kier molecular flexibility index (Phi) is 33.5. The first-order valence-corrected chi connectivity index (χ1v) is 51.6. The van der Waals surface area contributed by atoms with E-state index in [4.69, 9.17) is 12.3 Å². The molecule has 0 aliphatic rings. The van der Waals surface area contributed by atoms with Gasteiger partial charge in [0.1, 0.15) is 0 Å². The van der Waals surface area contributed by atoms with Gasteiger partial charge >= 0.3 is 0 Å². The van der Waals surface area contributed by atoms with Crippen molar-refractivity contribution in [2.45, 2.75) is 239 Å². The molecule has 0 fully saturated rings. The van der Waals surface area contributed by atoms with Crippen molar-refractivity contribution in [3.8, 4) is 44.5 Å². The fourth-order valence-electron chi connectivity index (χ4n) is 18.1. The molecule has 0 N–H and O–H groups in total. The average Bonchev–Trinajstić information content (AvgIpc) is 0.399. The third kappa shape index (κ3) is 30.2. The van der Waals surface area contributed by atoms with Crippen molar-refractivity contribution in [1.29, 1.82) is 0 Å². The first-order valence-electron chi connectivity index (χ1n) is 52.6. The molecule has 0 heterocycles. The van der Waals surface area contributed by atoms with E-state index in [1.54, 1.807) is 18.2 Å². The molecule has 0 aliphatic heterocycles. The Hall–Kier alpha value is -12.0. The molecule has 697 valence electrons. The second-order valence-electron chi connectivity index (χ2n) is 43.2. The number of benzene rings is 16. The fourth-order valence-corrected chi connectivity index (χ4v) is 25.5. The Morgan fingerprint density at radius 1 is 0.222 bits per heavy atom. The molecule has 0 saturated heterocycles. The van der Waals surface area contributed by atoms with Crippen LogP contribution in [0.5, 0.6) is 0 Å². The van der Waals surface area contributed by atoms with Crippen LogP contribution in [-0.4, -0.2) is 16.9 Å². The van der Waals surface area contributed by atoms with E-state index in [0.717, 1.165) is 5.92 Å². The van der Waals surface area contributed by atoms with Crippen LogP contribution in [0.15, 0.2) is 418 Å². The van der Waals surface area contributed by atoms with Crippen LogP contribution >= 0.6 is 0 Å². The van der Waals surface area contributed by atoms with Crippen LogP contribution in [-0.2, 0) is 37.9 Å². The third-order valence-corrected chi connectivity index (χ3v) is 31.1. The highest BCUT2D eigenvalue weighted by Crippen LogP contribution is 2.43. The second kappa shape index (κ2) is 48.4. The van der Waals surface area contributed by atoms with Gasteiger partial charge in [-0.25, -0.2) is 0 Å². The van der Waals surface area contributed by atoms with E-state index in [1.807, 2.05) is 20.8 Å². The van der Waals surface area contributed by atoms with Gasteiger partial charge < -0.3 is 0 Å². The van der Waals surface area contributed by atoms with E-state index in [-0.39, 0.29) is 85.4 Å². The number of hydrogen-bond donors (Lipinski definition) is 0. The highest BCUT2D eigenvalue weighted by atomic mass is 28.3. The minimum absolute atomic E-state index is 0.0464. The molecular weight excluding hydrogens is 1650 g/mol. The Balaban J connectivity index is 0.000000191. The molecule has 16 aromatic rings. The van der Waals surface area contributed by atoms with Gasteiger partial charge in [-0.2, -0.15) is 0 Å². The maximum Gasteiger partial charge on any atom is 0.179 e. The summed E-state index contributed by atoms with van der Waals surface area (Å²) in [5.41, 5.74) is 22.0. The zero-order chi connectivity index (χ0) is 106. The molecule has 1 radical (unpaired) electrons. The molecular formula is C133H157Si2. The van der Waals surface area contributed by atoms with Crippen LogP contribution in [0, 0.1) is 40.5 Å². The lowest BCUT2D eigenvalue weighted by Gasteiger charge is -2.35. The van der Waals surface area contributed by atoms with Crippen LogP contribution in [0.1, 0.15) is 245 Å². The van der Waals surface area contributed by atoms with Gasteiger partial charge in [0.25, 0.3) is 0 Å². The Morgan fingerprint density at radius 2 is 0.467 bits per heavy atom. The van der Waals surface area contributed by atoms with Crippen molar-refractivity contribution in [3.63, 3.8) is 0 Å². The monoisotopic (exact) mass is 1820 g/mol. The van der Waals surface area contributed by atoms with Gasteiger partial charge in [0.2, 0.25) is 0 Å². The summed E-state index contributed by atoms with van der Waals surface area (Å²) in [5.74, 6) is 0.833. The Bertz CT molecular complexity index is 6280. The van der Waals surface area contributed by atoms with Crippen molar-refractivity contribution in [3.05, 3.63) is 485 Å². The maximum absolute atomic E-state index is 8.52. The van der Waals surface area contributed by atoms with Crippen LogP contribution < -0.4 is 36.3 Å². The van der Waals surface area contributed by atoms with Crippen LogP contribution in [0.2, 0.25) is 0 Å². The standard InChI is InChI=1S/C28H28Si.C23H24.C22H22.C18H15Si.C14H22.2C12H18.C4H10/c1-28(2,3)23-14-13-21-27(22-23)29(24-15-7-4-8-16-24,25-17-9-5-10-18-25)26-19-11-6-12-20-26;1-17-13-15-19(16-14-17)21-12-8-11-20(22(21)23(2,3)4)18-9-6-5-7-10-18;1-22(2,3)21-19(17-11-6-4-7-12-17)15-10-16-20(21)18-13-8-5-9-14-18;1-4-10-16(11-5-1)19(17-12-6-2-7-13-17)18-14-8-3-9-15-18;1-13(2,3)11-9-7-8-10-12(11)14(4,5)6;2*1-9-7-6-8-10(2)11(9)12(3,4)5;1-4(2)3/h4-22H,1-3H3;5-16H,1-4H3;4-16H,1-3H3;1-15H;7-10H,1-6H3;2*6-8H,1-5H3;4H,1-3H3/i;5D,6D,7D,9D,10D,13D,14D,15D,16D;;;;;;. The van der Waals surface area contributed by atoms with E-state index >= 15 is 0 Å². The van der Waals surface area contributed by atoms with Gasteiger partial charge in [0, 0.05) is 0 Å². The highest BCUT2D eigenvalue weighted by molar-refractivity contribution is 7.20. The summed E-state index contributed by atoms with van der Waals surface area (Å²) in [7, 11) is -3.29. The van der Waals surface area contributed by atoms with E-state index < -0.39 is 40.4 Å². The van der Waals surface area contributed by atoms with Crippen molar-refractivity contribution in [2.24, 2.45) is 5.92 Å². The summed E-state index contributed by atoms with van der Waals surface area (Å²) in [5, 5.41) is 10.0. The summed E-state index contributed by atoms with van der Waals surface area (Å²) in [4.78, 5) is 0. The maximum atomic E-state index is 8.52. The lowest BCUT2D eigenvalue weighted by Crippen LogP contribution is -2.74. The molecule has 0 aliphatic carbocycles. The summed E-state index contributed by atoms with van der Waals surface area (Å²) in [6.45, 7) is 63.5. The summed E-state index contributed by atoms with van der Waals surface area (Å²) in [6, 6.07) is 127. The molecule has 0 unspecified atom stereocenters. The molecule has 0 bridgehead atoms. The number of rotatable bonds is 11. The predicted octanol–water partition coefficient (Wildman–Crippen LogP) is 32.7. The van der Waals surface area contributed by atoms with E-state index in [1.165, 1.54) is 121 Å². The zero-order valence-electron chi connectivity index (χ0n) is 95.7. The van der Waals surface area contributed by atoms with Crippen molar-refractivity contribution in [1.82, 2.24) is 0 Å². The third-order valence-electron chi connectivity index (χ3n) is 23.6. The summed E-state index contributed by atoms with van der Waals surface area (Å²) >= 11 is 0. The van der Waals surface area contributed by atoms with Crippen LogP contribution in [0.4, 0.5) is 0 Å². The van der Waals surface area contributed by atoms with Crippen LogP contribution in [0.25, 0.3) is 44.5 Å². The van der Waals surface area contributed by atoms with E-state index in [2.05, 4.69) is 519 Å². The molecule has 0 aromatic heterocycles. The topological polar surface area (TPSA) is 0 Å². The second-order valence-corrected chi connectivity index (χ2v) is 49.4. The largest absolute Gasteiger partial charge is 0.179 e. The fraction of sp³-hybridized carbons (Fsp3) is 0.278. The van der Waals surface area contributed by atoms with Crippen molar-refractivity contribution in [2.75, 3.05) is 0 Å². The van der Waals surface area contributed by atoms with Gasteiger partial charge in [-0.05, 0) is 205 Å². The van der Waals surface area contributed by atoms with E-state index in [9.17, 15) is 0 Å². The van der Waals surface area contributed by atoms with Crippen molar-refractivity contribution < 1.29 is 12.3 Å². The van der Waals surface area contributed by atoms with Gasteiger partial charge in [0.15, 0.2) is 16.9 Å². The van der Waals surface area contributed by atoms with Crippen LogP contribution in [0.3, 0.4) is 0 Å². The molecule has 0 spiro atoms. The lowest BCUT2D eigenvalue weighted by molar-refractivity contribution is 0.530. The SMILES string of the molecule is CC(C)(C)c1c(-c2ccccc2)cccc1-c1ccccc1.CC(C)(C)c1cccc([Si](c2ccccc2)(c2ccccc2)c2ccccc2)c1.CC(C)(C)c1ccccc1C(C)(C)C.CC(C)C.Cc1cccc(C)c1C(C)(C)C.Cc1cccc(C)c1C(C)(C)C.[2H]c1c([2H])c([2H])c(-c2cccc(-c3c([2H])c([2H])c(C)c([2H])c3[2H])c2C(C)(C)C)c([2H])c1[2H].c1ccc([Si](c2ccccc2)c2ccccc2)cc1. The lowest BCUT2D eigenvalue weighted by atomic mass is 9.75. The number of aryl methyl sites for hydroxylation is 4. The molecule has 0 saturated carbocycles. The predicted molar refractivity (Wildman–Crippen MR) is 603 cm³/mol. The molecule has 2 heteroatoms. The number of hydrogen-bond acceptors (Lipinski definition) is 0. The minimum Gasteiger partial charge on any atom is -0.0630 e. The minimum atomic E-state index is -2.41. The molecule has 16 rings (SSSR count). The summed E-state index contributed by atoms with van der Waals surface area (Å²) in [6.07, 6.45) is 0. The quantitative estimate of drug-likeness (QED) is 0.0894. The molecule has 16 aromatic carbocycles. The average molecular weight is 1820 g/mol. The molecule has 0 atom stereocenters. The Morgan fingerprint density at radius 3 is 0.741 bits per heavy atom. The van der Waals surface area contributed by atoms with Crippen molar-refractivity contribution >= 4 is 53.2 Å². The van der Waals surface area contributed by atoms with Gasteiger partial charge in [0.05, 0.1) is 12.3 Å². The van der Waals surface area contributed by atoms with Gasteiger partial charge in [-0.3, -0.25) is 0 Å². The van der Waals surface area contributed by atoms with E-state index in [0.29, 0.717) is 16.7 Å². The van der Waals surface area contributed by atoms with Gasteiger partial charge in [-0.1, -0.05) is 606 Å². The van der Waals surface area contributed by atoms with Gasteiger partial charge in [-0.15, -0.1) is 0 Å². The first kappa shape index (κ1) is 93.4. The normalized spacial score (nSPS) is 12.5. The molecule has 135 heavy (non-hydrogen) atoms. The molecule has 0 nitrogen and oxygen atoms in total. The zero-order valence-corrected chi connectivity index (χ0v) is 88.7. The highest BCUT2D eigenvalue weighted by Gasteiger charge is 2.42. The summed E-state index contributed by atoms with van der Waals surface area (Å²) < 4.78 is 74.4. The molecule has 0 amide bonds. The smallest absolute Gasteiger partial charge is 0.0630 e. The Labute approximate surface area is 834 Å². The first-order chi connectivity index (χ1) is 67.6.